The summed E-state index contributed by atoms with van der Waals surface area (Å²) < 4.78 is 0. The fourth-order valence-electron chi connectivity index (χ4n) is 1.65. The van der Waals surface area contributed by atoms with Crippen LogP contribution in [0.25, 0.3) is 0 Å². The Kier molecular flexibility index (Phi) is 4.59. The van der Waals surface area contributed by atoms with Crippen molar-refractivity contribution in [2.45, 2.75) is 19.8 Å². The Labute approximate surface area is 84.9 Å². The predicted molar refractivity (Wildman–Crippen MR) is 54.0 cm³/mol. The summed E-state index contributed by atoms with van der Waals surface area (Å²) in [7, 11) is 0. The van der Waals surface area contributed by atoms with Gasteiger partial charge in [0.25, 0.3) is 0 Å². The maximum Gasteiger partial charge on any atom is 0.223 e. The maximum atomic E-state index is 11.5. The summed E-state index contributed by atoms with van der Waals surface area (Å²) in [5.41, 5.74) is 0. The molecule has 0 aromatic rings. The molecule has 1 fully saturated rings. The van der Waals surface area contributed by atoms with E-state index in [0.29, 0.717) is 12.8 Å². The van der Waals surface area contributed by atoms with Crippen LogP contribution in [0.1, 0.15) is 19.8 Å². The van der Waals surface area contributed by atoms with E-state index in [4.69, 9.17) is 0 Å². The van der Waals surface area contributed by atoms with Gasteiger partial charge in [-0.05, 0) is 6.54 Å². The van der Waals surface area contributed by atoms with Crippen molar-refractivity contribution in [2.75, 3.05) is 32.7 Å². The molecule has 1 saturated heterocycles. The summed E-state index contributed by atoms with van der Waals surface area (Å²) in [5.74, 6) is 0.118. The summed E-state index contributed by atoms with van der Waals surface area (Å²) in [6.45, 7) is 6.73. The van der Waals surface area contributed by atoms with E-state index in [1.807, 2.05) is 4.90 Å². The number of rotatable bonds is 4. The summed E-state index contributed by atoms with van der Waals surface area (Å²) in [6.07, 6.45) is 1.53. The molecule has 1 amide bonds. The first-order chi connectivity index (χ1) is 6.77. The summed E-state index contributed by atoms with van der Waals surface area (Å²) in [4.78, 5) is 25.8. The monoisotopic (exact) mass is 198 g/mol. The molecule has 1 aliphatic rings. The molecule has 0 N–H and O–H groups in total. The van der Waals surface area contributed by atoms with Crippen LogP contribution < -0.4 is 0 Å². The number of likely N-dealkylation sites (N-methyl/N-ethyl adjacent to an activating group) is 1. The molecule has 0 saturated carbocycles. The van der Waals surface area contributed by atoms with Gasteiger partial charge in [0, 0.05) is 39.0 Å². The molecule has 1 rings (SSSR count). The largest absolute Gasteiger partial charge is 0.340 e. The highest BCUT2D eigenvalue weighted by molar-refractivity contribution is 5.78. The first kappa shape index (κ1) is 11.2. The molecule has 0 aliphatic carbocycles. The van der Waals surface area contributed by atoms with E-state index in [2.05, 4.69) is 11.8 Å². The highest BCUT2D eigenvalue weighted by Gasteiger charge is 2.19. The molecule has 0 atom stereocenters. The van der Waals surface area contributed by atoms with Crippen LogP contribution in [0.15, 0.2) is 0 Å². The molecule has 1 heterocycles. The molecule has 14 heavy (non-hydrogen) atoms. The van der Waals surface area contributed by atoms with Gasteiger partial charge in [-0.3, -0.25) is 4.79 Å². The minimum absolute atomic E-state index is 0.118. The number of hydrogen-bond acceptors (Lipinski definition) is 3. The van der Waals surface area contributed by atoms with Crippen LogP contribution in [-0.4, -0.2) is 54.7 Å². The van der Waals surface area contributed by atoms with E-state index in [1.165, 1.54) is 0 Å². The summed E-state index contributed by atoms with van der Waals surface area (Å²) in [6, 6.07) is 0. The zero-order valence-corrected chi connectivity index (χ0v) is 8.74. The zero-order chi connectivity index (χ0) is 10.4. The second-order valence-electron chi connectivity index (χ2n) is 3.52. The number of carbonyl (C=O) groups excluding carboxylic acids is 2. The minimum atomic E-state index is 0.118. The van der Waals surface area contributed by atoms with E-state index in [1.54, 1.807) is 0 Å². The molecule has 4 nitrogen and oxygen atoms in total. The third kappa shape index (κ3) is 3.10. The molecule has 0 unspecified atom stereocenters. The Balaban J connectivity index is 2.26. The molecular formula is C10H18N2O2. The Hall–Kier alpha value is -0.900. The number of aldehydes is 1. The van der Waals surface area contributed by atoms with Crippen LogP contribution in [0.3, 0.4) is 0 Å². The number of piperazine rings is 1. The van der Waals surface area contributed by atoms with Crippen molar-refractivity contribution in [3.63, 3.8) is 0 Å². The van der Waals surface area contributed by atoms with Crippen LogP contribution in [0.5, 0.6) is 0 Å². The van der Waals surface area contributed by atoms with Gasteiger partial charge in [0.05, 0.1) is 0 Å². The van der Waals surface area contributed by atoms with Gasteiger partial charge < -0.3 is 14.6 Å². The topological polar surface area (TPSA) is 40.6 Å². The number of hydrogen-bond donors (Lipinski definition) is 0. The van der Waals surface area contributed by atoms with Crippen molar-refractivity contribution in [1.82, 2.24) is 9.80 Å². The molecular weight excluding hydrogens is 180 g/mol. The Morgan fingerprint density at radius 1 is 1.29 bits per heavy atom. The third-order valence-corrected chi connectivity index (χ3v) is 2.65. The molecule has 0 aromatic carbocycles. The van der Waals surface area contributed by atoms with E-state index < -0.39 is 0 Å². The average molecular weight is 198 g/mol. The SMILES string of the molecule is CCN1CCN(C(=O)CCC=O)CC1. The quantitative estimate of drug-likeness (QED) is 0.603. The van der Waals surface area contributed by atoms with Crippen molar-refractivity contribution in [3.8, 4) is 0 Å². The predicted octanol–water partition coefficient (Wildman–Crippen LogP) is 0.130. The van der Waals surface area contributed by atoms with Gasteiger partial charge in [-0.1, -0.05) is 6.92 Å². The van der Waals surface area contributed by atoms with Gasteiger partial charge in [0.1, 0.15) is 6.29 Å². The molecule has 0 aromatic heterocycles. The van der Waals surface area contributed by atoms with Crippen LogP contribution >= 0.6 is 0 Å². The highest BCUT2D eigenvalue weighted by Crippen LogP contribution is 2.03. The van der Waals surface area contributed by atoms with Gasteiger partial charge in [-0.2, -0.15) is 0 Å². The lowest BCUT2D eigenvalue weighted by atomic mass is 10.2. The van der Waals surface area contributed by atoms with Gasteiger partial charge >= 0.3 is 0 Å². The molecule has 0 bridgehead atoms. The summed E-state index contributed by atoms with van der Waals surface area (Å²) in [5, 5.41) is 0. The Morgan fingerprint density at radius 3 is 2.43 bits per heavy atom. The number of amides is 1. The minimum Gasteiger partial charge on any atom is -0.340 e. The lowest BCUT2D eigenvalue weighted by Gasteiger charge is -2.34. The van der Waals surface area contributed by atoms with Crippen LogP contribution in [0, 0.1) is 0 Å². The Morgan fingerprint density at radius 2 is 1.93 bits per heavy atom. The Bertz CT molecular complexity index is 198. The van der Waals surface area contributed by atoms with E-state index >= 15 is 0 Å². The van der Waals surface area contributed by atoms with Crippen molar-refractivity contribution < 1.29 is 9.59 Å². The van der Waals surface area contributed by atoms with E-state index in [-0.39, 0.29) is 5.91 Å². The van der Waals surface area contributed by atoms with Gasteiger partial charge in [-0.25, -0.2) is 0 Å². The molecule has 0 spiro atoms. The van der Waals surface area contributed by atoms with Gasteiger partial charge in [0.15, 0.2) is 0 Å². The molecule has 80 valence electrons. The number of carbonyl (C=O) groups is 2. The lowest BCUT2D eigenvalue weighted by molar-refractivity contribution is -0.133. The maximum absolute atomic E-state index is 11.5. The van der Waals surface area contributed by atoms with Crippen molar-refractivity contribution in [2.24, 2.45) is 0 Å². The first-order valence-electron chi connectivity index (χ1n) is 5.21. The number of nitrogens with zero attached hydrogens (tertiary/aromatic N) is 2. The normalized spacial score (nSPS) is 18.2. The molecule has 4 heteroatoms. The van der Waals surface area contributed by atoms with Crippen molar-refractivity contribution >= 4 is 12.2 Å². The fraction of sp³-hybridized carbons (Fsp3) is 0.800. The van der Waals surface area contributed by atoms with Gasteiger partial charge in [-0.15, -0.1) is 0 Å². The van der Waals surface area contributed by atoms with Crippen molar-refractivity contribution in [1.29, 1.82) is 0 Å². The van der Waals surface area contributed by atoms with Gasteiger partial charge in [0.2, 0.25) is 5.91 Å². The smallest absolute Gasteiger partial charge is 0.223 e. The van der Waals surface area contributed by atoms with E-state index in [0.717, 1.165) is 39.0 Å². The van der Waals surface area contributed by atoms with E-state index in [9.17, 15) is 9.59 Å². The standard InChI is InChI=1S/C10H18N2O2/c1-2-11-5-7-12(8-6-11)10(14)4-3-9-13/h9H,2-8H2,1H3. The average Bonchev–Trinajstić information content (AvgIpc) is 2.26. The summed E-state index contributed by atoms with van der Waals surface area (Å²) >= 11 is 0. The third-order valence-electron chi connectivity index (χ3n) is 2.65. The molecule has 1 aliphatic heterocycles. The highest BCUT2D eigenvalue weighted by atomic mass is 16.2. The first-order valence-corrected chi connectivity index (χ1v) is 5.21. The lowest BCUT2D eigenvalue weighted by Crippen LogP contribution is -2.48. The second kappa shape index (κ2) is 5.75. The van der Waals surface area contributed by atoms with Crippen LogP contribution in [0.2, 0.25) is 0 Å². The molecule has 0 radical (unpaired) electrons. The van der Waals surface area contributed by atoms with Crippen LogP contribution in [0.4, 0.5) is 0 Å². The van der Waals surface area contributed by atoms with Crippen molar-refractivity contribution in [3.05, 3.63) is 0 Å². The fourth-order valence-corrected chi connectivity index (χ4v) is 1.65. The van der Waals surface area contributed by atoms with Crippen LogP contribution in [-0.2, 0) is 9.59 Å². The zero-order valence-electron chi connectivity index (χ0n) is 8.74. The second-order valence-corrected chi connectivity index (χ2v) is 3.52.